The molecule has 0 spiro atoms. The molecule has 12 rings (SSSR count). The maximum atomic E-state index is 6.56. The Bertz CT molecular complexity index is 3550. The average Bonchev–Trinajstić information content (AvgIpc) is 3.88. The first-order valence-electron chi connectivity index (χ1n) is 18.6. The first kappa shape index (κ1) is 31.1. The van der Waals surface area contributed by atoms with Gasteiger partial charge < -0.3 is 4.42 Å². The van der Waals surface area contributed by atoms with Gasteiger partial charge >= 0.3 is 0 Å². The number of hydrogen-bond donors (Lipinski definition) is 0. The third-order valence-electron chi connectivity index (χ3n) is 10.9. The second kappa shape index (κ2) is 12.1. The van der Waals surface area contributed by atoms with Gasteiger partial charge in [0.15, 0.2) is 23.1 Å². The minimum absolute atomic E-state index is 0.617. The Balaban J connectivity index is 1.06. The Morgan fingerprint density at radius 1 is 0.357 bits per heavy atom. The van der Waals surface area contributed by atoms with Gasteiger partial charge in [0.1, 0.15) is 5.52 Å². The molecule has 0 unspecified atom stereocenters. The van der Waals surface area contributed by atoms with Crippen LogP contribution in [0, 0.1) is 0 Å². The van der Waals surface area contributed by atoms with Gasteiger partial charge in [-0.1, -0.05) is 115 Å². The molecule has 12 aromatic rings. The van der Waals surface area contributed by atoms with Gasteiger partial charge in [-0.15, -0.1) is 11.3 Å². The molecule has 0 N–H and O–H groups in total. The third kappa shape index (κ3) is 4.93. The van der Waals surface area contributed by atoms with E-state index in [2.05, 4.69) is 133 Å². The smallest absolute Gasteiger partial charge is 0.227 e. The van der Waals surface area contributed by atoms with Gasteiger partial charge in [0.05, 0.1) is 0 Å². The Morgan fingerprint density at radius 3 is 1.77 bits per heavy atom. The van der Waals surface area contributed by atoms with Crippen LogP contribution in [0.3, 0.4) is 0 Å². The zero-order chi connectivity index (χ0) is 36.7. The highest BCUT2D eigenvalue weighted by molar-refractivity contribution is 7.25. The lowest BCUT2D eigenvalue weighted by molar-refractivity contribution is 0.623. The highest BCUT2D eigenvalue weighted by atomic mass is 32.1. The van der Waals surface area contributed by atoms with E-state index >= 15 is 0 Å². The largest absolute Gasteiger partial charge is 0.435 e. The minimum atomic E-state index is 0.617. The van der Waals surface area contributed by atoms with Crippen molar-refractivity contribution in [2.45, 2.75) is 0 Å². The molecule has 0 atom stereocenters. The molecule has 260 valence electrons. The van der Waals surface area contributed by atoms with E-state index in [0.29, 0.717) is 23.4 Å². The number of fused-ring (bicyclic) bond motifs is 11. The van der Waals surface area contributed by atoms with Crippen molar-refractivity contribution in [3.05, 3.63) is 170 Å². The molecule has 0 saturated heterocycles. The SMILES string of the molecule is c1ccc(-c2nc3ccc4ccc5ccc6cc(-c7nc(-c8ccc9ccccc9c8)nc(-c8ccc9sc%10ccccc%10c9c8)n7)ccc6c5c4c3o2)cc1. The van der Waals surface area contributed by atoms with Crippen molar-refractivity contribution >= 4 is 85.7 Å². The van der Waals surface area contributed by atoms with Crippen molar-refractivity contribution in [2.75, 3.05) is 0 Å². The van der Waals surface area contributed by atoms with Crippen molar-refractivity contribution in [1.82, 2.24) is 19.9 Å². The first-order chi connectivity index (χ1) is 27.7. The summed E-state index contributed by atoms with van der Waals surface area (Å²) in [5, 5.41) is 11.4. The molecule has 6 heteroatoms. The van der Waals surface area contributed by atoms with E-state index in [1.807, 2.05) is 47.7 Å². The maximum absolute atomic E-state index is 6.56. The normalized spacial score (nSPS) is 11.9. The molecule has 0 aliphatic rings. The monoisotopic (exact) mass is 732 g/mol. The molecule has 0 aliphatic heterocycles. The summed E-state index contributed by atoms with van der Waals surface area (Å²) >= 11 is 1.81. The Hall–Kier alpha value is -7.28. The van der Waals surface area contributed by atoms with Crippen LogP contribution >= 0.6 is 11.3 Å². The van der Waals surface area contributed by atoms with Crippen LogP contribution in [0.4, 0.5) is 0 Å². The molecule has 3 heterocycles. The number of aromatic nitrogens is 4. The van der Waals surface area contributed by atoms with E-state index in [0.717, 1.165) is 71.1 Å². The molecular formula is C50H28N4OS. The van der Waals surface area contributed by atoms with Gasteiger partial charge in [0, 0.05) is 53.2 Å². The molecule has 0 aliphatic carbocycles. The Labute approximate surface area is 324 Å². The Kier molecular flexibility index (Phi) is 6.73. The van der Waals surface area contributed by atoms with E-state index in [-0.39, 0.29) is 0 Å². The predicted molar refractivity (Wildman–Crippen MR) is 232 cm³/mol. The second-order valence-corrected chi connectivity index (χ2v) is 15.3. The van der Waals surface area contributed by atoms with Crippen LogP contribution < -0.4 is 0 Å². The van der Waals surface area contributed by atoms with E-state index in [4.69, 9.17) is 24.4 Å². The fraction of sp³-hybridized carbons (Fsp3) is 0. The van der Waals surface area contributed by atoms with Gasteiger partial charge in [-0.3, -0.25) is 0 Å². The third-order valence-corrected chi connectivity index (χ3v) is 12.0. The van der Waals surface area contributed by atoms with E-state index in [1.165, 1.54) is 25.6 Å². The summed E-state index contributed by atoms with van der Waals surface area (Å²) in [6.45, 7) is 0. The highest BCUT2D eigenvalue weighted by Gasteiger charge is 2.18. The van der Waals surface area contributed by atoms with E-state index in [9.17, 15) is 0 Å². The lowest BCUT2D eigenvalue weighted by Gasteiger charge is -2.11. The van der Waals surface area contributed by atoms with Crippen molar-refractivity contribution < 1.29 is 4.42 Å². The molecule has 3 aromatic heterocycles. The summed E-state index contributed by atoms with van der Waals surface area (Å²) in [4.78, 5) is 20.4. The topological polar surface area (TPSA) is 64.7 Å². The molecule has 0 fully saturated rings. The second-order valence-electron chi connectivity index (χ2n) is 14.2. The maximum Gasteiger partial charge on any atom is 0.227 e. The van der Waals surface area contributed by atoms with Crippen LogP contribution in [-0.4, -0.2) is 19.9 Å². The van der Waals surface area contributed by atoms with Crippen molar-refractivity contribution in [2.24, 2.45) is 0 Å². The average molecular weight is 733 g/mol. The van der Waals surface area contributed by atoms with Crippen LogP contribution in [-0.2, 0) is 0 Å². The number of nitrogens with zero attached hydrogens (tertiary/aromatic N) is 4. The molecule has 0 radical (unpaired) electrons. The fourth-order valence-electron chi connectivity index (χ4n) is 8.15. The zero-order valence-electron chi connectivity index (χ0n) is 29.8. The summed E-state index contributed by atoms with van der Waals surface area (Å²) in [5.74, 6) is 2.52. The highest BCUT2D eigenvalue weighted by Crippen LogP contribution is 2.40. The van der Waals surface area contributed by atoms with Crippen LogP contribution in [0.2, 0.25) is 0 Å². The van der Waals surface area contributed by atoms with Crippen LogP contribution in [0.1, 0.15) is 0 Å². The molecule has 56 heavy (non-hydrogen) atoms. The summed E-state index contributed by atoms with van der Waals surface area (Å²) < 4.78 is 9.07. The van der Waals surface area contributed by atoms with Gasteiger partial charge in [0.25, 0.3) is 0 Å². The lowest BCUT2D eigenvalue weighted by Crippen LogP contribution is -2.00. The van der Waals surface area contributed by atoms with Gasteiger partial charge in [-0.2, -0.15) is 0 Å². The first-order valence-corrected chi connectivity index (χ1v) is 19.4. The molecule has 5 nitrogen and oxygen atoms in total. The van der Waals surface area contributed by atoms with Crippen LogP contribution in [0.25, 0.3) is 120 Å². The van der Waals surface area contributed by atoms with E-state index in [1.54, 1.807) is 0 Å². The summed E-state index contributed by atoms with van der Waals surface area (Å²) in [7, 11) is 0. The summed E-state index contributed by atoms with van der Waals surface area (Å²) in [5.41, 5.74) is 5.40. The predicted octanol–water partition coefficient (Wildman–Crippen LogP) is 13.7. The zero-order valence-corrected chi connectivity index (χ0v) is 30.6. The number of thiophene rings is 1. The number of hydrogen-bond acceptors (Lipinski definition) is 6. The molecule has 0 amide bonds. The van der Waals surface area contributed by atoms with Gasteiger partial charge in [0.2, 0.25) is 5.89 Å². The standard InChI is InChI=1S/C50H28N4OS/c1-2-9-32(10-3-1)50-51-41-24-21-31-16-15-30-17-18-34-27-36(20-23-38(34)44(30)45(31)46(41)55-50)48-52-47(35-19-14-29-8-4-5-11-33(29)26-35)53-49(54-48)37-22-25-43-40(28-37)39-12-6-7-13-42(39)56-43/h1-28H. The lowest BCUT2D eigenvalue weighted by atomic mass is 9.95. The minimum Gasteiger partial charge on any atom is -0.435 e. The fourth-order valence-corrected chi connectivity index (χ4v) is 9.23. The number of benzene rings is 9. The summed E-state index contributed by atoms with van der Waals surface area (Å²) in [6.07, 6.45) is 0. The van der Waals surface area contributed by atoms with E-state index < -0.39 is 0 Å². The molecule has 9 aromatic carbocycles. The van der Waals surface area contributed by atoms with Crippen LogP contribution in [0.5, 0.6) is 0 Å². The molecular weight excluding hydrogens is 705 g/mol. The van der Waals surface area contributed by atoms with Crippen molar-refractivity contribution in [3.8, 4) is 45.6 Å². The number of oxazole rings is 1. The summed E-state index contributed by atoms with van der Waals surface area (Å²) in [6, 6.07) is 59.4. The van der Waals surface area contributed by atoms with Crippen LogP contribution in [0.15, 0.2) is 174 Å². The van der Waals surface area contributed by atoms with Crippen molar-refractivity contribution in [1.29, 1.82) is 0 Å². The molecule has 0 bridgehead atoms. The molecule has 0 saturated carbocycles. The number of rotatable bonds is 4. The Morgan fingerprint density at radius 2 is 0.946 bits per heavy atom. The van der Waals surface area contributed by atoms with Gasteiger partial charge in [-0.25, -0.2) is 19.9 Å². The van der Waals surface area contributed by atoms with Gasteiger partial charge in [-0.05, 0) is 86.9 Å². The quantitative estimate of drug-likeness (QED) is 0.169. The van der Waals surface area contributed by atoms with Crippen molar-refractivity contribution in [3.63, 3.8) is 0 Å².